The molecule has 1 saturated heterocycles. The van der Waals surface area contributed by atoms with Gasteiger partial charge in [-0.1, -0.05) is 12.1 Å². The molecule has 1 fully saturated rings. The maximum atomic E-state index is 13.5. The molecular formula is C24H28N4O3. The molecule has 7 nitrogen and oxygen atoms in total. The number of nitrogens with zero attached hydrogens (tertiary/aromatic N) is 4. The van der Waals surface area contributed by atoms with E-state index in [9.17, 15) is 9.59 Å². The predicted molar refractivity (Wildman–Crippen MR) is 118 cm³/mol. The van der Waals surface area contributed by atoms with Crippen LogP contribution in [0.25, 0.3) is 17.1 Å². The Morgan fingerprint density at radius 3 is 2.55 bits per heavy atom. The molecule has 0 unspecified atom stereocenters. The van der Waals surface area contributed by atoms with Crippen LogP contribution in [0.2, 0.25) is 0 Å². The number of carbonyl (C=O) groups is 2. The van der Waals surface area contributed by atoms with E-state index in [2.05, 4.69) is 0 Å². The van der Waals surface area contributed by atoms with Crippen LogP contribution in [0.5, 0.6) is 0 Å². The van der Waals surface area contributed by atoms with Crippen molar-refractivity contribution in [1.82, 2.24) is 19.2 Å². The van der Waals surface area contributed by atoms with E-state index in [1.165, 1.54) is 0 Å². The fourth-order valence-corrected chi connectivity index (χ4v) is 4.08. The molecule has 2 aromatic heterocycles. The quantitative estimate of drug-likeness (QED) is 0.592. The second-order valence-corrected chi connectivity index (χ2v) is 7.99. The number of ether oxygens (including phenoxy) is 1. The summed E-state index contributed by atoms with van der Waals surface area (Å²) in [6, 6.07) is 13.8. The Labute approximate surface area is 182 Å². The third-order valence-electron chi connectivity index (χ3n) is 5.78. The van der Waals surface area contributed by atoms with Crippen LogP contribution in [-0.4, -0.2) is 50.8 Å². The summed E-state index contributed by atoms with van der Waals surface area (Å²) in [7, 11) is 1.96. The second-order valence-electron chi connectivity index (χ2n) is 7.99. The molecular weight excluding hydrogens is 392 g/mol. The summed E-state index contributed by atoms with van der Waals surface area (Å²) in [6.07, 6.45) is 3.20. The SMILES string of the molecule is CCOC(=O)C1CCN(C(=O)c2cc(-c3cccn3C)nn2-c2cccc(C)c2)CC1. The Kier molecular flexibility index (Phi) is 5.93. The van der Waals surface area contributed by atoms with E-state index in [4.69, 9.17) is 9.84 Å². The van der Waals surface area contributed by atoms with Gasteiger partial charge in [-0.2, -0.15) is 5.10 Å². The van der Waals surface area contributed by atoms with Gasteiger partial charge in [-0.3, -0.25) is 9.59 Å². The first-order valence-electron chi connectivity index (χ1n) is 10.7. The standard InChI is InChI=1S/C24H28N4O3/c1-4-31-24(30)18-10-13-27(14-11-18)23(29)22-16-20(21-9-6-12-26(21)3)25-28(22)19-8-5-7-17(2)15-19/h5-9,12,15-16,18H,4,10-11,13-14H2,1-3H3. The summed E-state index contributed by atoms with van der Waals surface area (Å²) >= 11 is 0. The van der Waals surface area contributed by atoms with Crippen LogP contribution in [0.1, 0.15) is 35.8 Å². The Morgan fingerprint density at radius 2 is 1.90 bits per heavy atom. The summed E-state index contributed by atoms with van der Waals surface area (Å²) in [6.45, 7) is 5.28. The first-order valence-corrected chi connectivity index (χ1v) is 10.7. The smallest absolute Gasteiger partial charge is 0.309 e. The molecule has 1 aliphatic rings. The van der Waals surface area contributed by atoms with Crippen LogP contribution in [0.3, 0.4) is 0 Å². The van der Waals surface area contributed by atoms with Crippen molar-refractivity contribution in [3.63, 3.8) is 0 Å². The minimum Gasteiger partial charge on any atom is -0.466 e. The number of amides is 1. The molecule has 0 N–H and O–H groups in total. The van der Waals surface area contributed by atoms with Crippen molar-refractivity contribution in [3.05, 3.63) is 59.9 Å². The molecule has 3 heterocycles. The topological polar surface area (TPSA) is 69.4 Å². The van der Waals surface area contributed by atoms with Gasteiger partial charge in [0.25, 0.3) is 5.91 Å². The van der Waals surface area contributed by atoms with Crippen molar-refractivity contribution in [1.29, 1.82) is 0 Å². The van der Waals surface area contributed by atoms with Crippen molar-refractivity contribution < 1.29 is 14.3 Å². The van der Waals surface area contributed by atoms with Gasteiger partial charge < -0.3 is 14.2 Å². The normalized spacial score (nSPS) is 14.6. The highest BCUT2D eigenvalue weighted by Gasteiger charge is 2.30. The van der Waals surface area contributed by atoms with E-state index in [0.717, 1.165) is 22.6 Å². The molecule has 0 aliphatic carbocycles. The average molecular weight is 421 g/mol. The summed E-state index contributed by atoms with van der Waals surface area (Å²) in [5.41, 5.74) is 4.17. The maximum absolute atomic E-state index is 13.5. The lowest BCUT2D eigenvalue weighted by Gasteiger charge is -2.30. The zero-order valence-electron chi connectivity index (χ0n) is 18.2. The molecule has 7 heteroatoms. The van der Waals surface area contributed by atoms with E-state index in [-0.39, 0.29) is 17.8 Å². The summed E-state index contributed by atoms with van der Waals surface area (Å²) in [5.74, 6) is -0.369. The van der Waals surface area contributed by atoms with Crippen LogP contribution in [0.4, 0.5) is 0 Å². The number of carbonyl (C=O) groups excluding carboxylic acids is 2. The summed E-state index contributed by atoms with van der Waals surface area (Å²) < 4.78 is 8.87. The fraction of sp³-hybridized carbons (Fsp3) is 0.375. The molecule has 4 rings (SSSR count). The van der Waals surface area contributed by atoms with Crippen LogP contribution >= 0.6 is 0 Å². The zero-order chi connectivity index (χ0) is 22.0. The van der Waals surface area contributed by atoms with Gasteiger partial charge >= 0.3 is 5.97 Å². The van der Waals surface area contributed by atoms with E-state index in [0.29, 0.717) is 38.2 Å². The van der Waals surface area contributed by atoms with Gasteiger partial charge in [0, 0.05) is 26.3 Å². The van der Waals surface area contributed by atoms with Crippen molar-refractivity contribution >= 4 is 11.9 Å². The lowest BCUT2D eigenvalue weighted by molar-refractivity contribution is -0.149. The molecule has 0 saturated carbocycles. The highest BCUT2D eigenvalue weighted by molar-refractivity contribution is 5.94. The van der Waals surface area contributed by atoms with Crippen molar-refractivity contribution in [2.45, 2.75) is 26.7 Å². The van der Waals surface area contributed by atoms with Gasteiger partial charge in [0.15, 0.2) is 0 Å². The van der Waals surface area contributed by atoms with E-state index in [1.54, 1.807) is 4.68 Å². The lowest BCUT2D eigenvalue weighted by atomic mass is 9.97. The number of hydrogen-bond donors (Lipinski definition) is 0. The van der Waals surface area contributed by atoms with E-state index >= 15 is 0 Å². The monoisotopic (exact) mass is 420 g/mol. The maximum Gasteiger partial charge on any atom is 0.309 e. The molecule has 0 radical (unpaired) electrons. The van der Waals surface area contributed by atoms with Crippen molar-refractivity contribution in [2.75, 3.05) is 19.7 Å². The first-order chi connectivity index (χ1) is 15.0. The molecule has 0 spiro atoms. The first kappa shape index (κ1) is 20.9. The van der Waals surface area contributed by atoms with Gasteiger partial charge in [0.1, 0.15) is 11.4 Å². The van der Waals surface area contributed by atoms with Crippen molar-refractivity contribution in [3.8, 4) is 17.1 Å². The molecule has 3 aromatic rings. The van der Waals surface area contributed by atoms with Crippen LogP contribution in [0.15, 0.2) is 48.7 Å². The van der Waals surface area contributed by atoms with Gasteiger partial charge in [-0.25, -0.2) is 4.68 Å². The van der Waals surface area contributed by atoms with E-state index in [1.807, 2.05) is 79.0 Å². The van der Waals surface area contributed by atoms with Gasteiger partial charge in [-0.15, -0.1) is 0 Å². The number of aryl methyl sites for hydroxylation is 2. The molecule has 31 heavy (non-hydrogen) atoms. The highest BCUT2D eigenvalue weighted by Crippen LogP contribution is 2.25. The molecule has 162 valence electrons. The Bertz CT molecular complexity index is 1090. The minimum atomic E-state index is -0.162. The molecule has 0 atom stereocenters. The molecule has 0 bridgehead atoms. The lowest BCUT2D eigenvalue weighted by Crippen LogP contribution is -2.41. The van der Waals surface area contributed by atoms with Crippen molar-refractivity contribution in [2.24, 2.45) is 13.0 Å². The van der Waals surface area contributed by atoms with Crippen LogP contribution in [0, 0.1) is 12.8 Å². The minimum absolute atomic E-state index is 0.0724. The third-order valence-corrected chi connectivity index (χ3v) is 5.78. The highest BCUT2D eigenvalue weighted by atomic mass is 16.5. The van der Waals surface area contributed by atoms with Gasteiger partial charge in [-0.05, 0) is 62.6 Å². The summed E-state index contributed by atoms with van der Waals surface area (Å²) in [5, 5.41) is 4.78. The summed E-state index contributed by atoms with van der Waals surface area (Å²) in [4.78, 5) is 27.3. The van der Waals surface area contributed by atoms with E-state index < -0.39 is 0 Å². The molecule has 1 aromatic carbocycles. The number of rotatable bonds is 5. The number of esters is 1. The zero-order valence-corrected chi connectivity index (χ0v) is 18.2. The Balaban J connectivity index is 1.64. The Morgan fingerprint density at radius 1 is 1.13 bits per heavy atom. The van der Waals surface area contributed by atoms with Gasteiger partial charge in [0.05, 0.1) is 23.9 Å². The number of hydrogen-bond acceptors (Lipinski definition) is 4. The predicted octanol–water partition coefficient (Wildman–Crippen LogP) is 3.60. The number of aromatic nitrogens is 3. The van der Waals surface area contributed by atoms with Gasteiger partial charge in [0.2, 0.25) is 0 Å². The number of likely N-dealkylation sites (tertiary alicyclic amines) is 1. The average Bonchev–Trinajstić information content (AvgIpc) is 3.40. The number of benzene rings is 1. The largest absolute Gasteiger partial charge is 0.466 e. The number of piperidine rings is 1. The fourth-order valence-electron chi connectivity index (χ4n) is 4.08. The molecule has 1 aliphatic heterocycles. The Hall–Kier alpha value is -3.35. The molecule has 1 amide bonds. The second kappa shape index (κ2) is 8.79. The third kappa shape index (κ3) is 4.26. The van der Waals surface area contributed by atoms with Crippen LogP contribution < -0.4 is 0 Å². The van der Waals surface area contributed by atoms with Crippen LogP contribution in [-0.2, 0) is 16.6 Å².